The fourth-order valence-electron chi connectivity index (χ4n) is 1.34. The number of anilines is 1. The van der Waals surface area contributed by atoms with E-state index in [1.165, 1.54) is 6.92 Å². The molecule has 2 N–H and O–H groups in total. The molecule has 68 valence electrons. The van der Waals surface area contributed by atoms with Gasteiger partial charge in [0.2, 0.25) is 0 Å². The summed E-state index contributed by atoms with van der Waals surface area (Å²) in [4.78, 5) is 15.2. The van der Waals surface area contributed by atoms with Gasteiger partial charge < -0.3 is 10.4 Å². The van der Waals surface area contributed by atoms with Gasteiger partial charge in [0.1, 0.15) is 5.82 Å². The van der Waals surface area contributed by atoms with Crippen LogP contribution in [0.2, 0.25) is 0 Å². The van der Waals surface area contributed by atoms with Crippen LogP contribution in [0.15, 0.2) is 16.7 Å². The molecule has 0 radical (unpaired) electrons. The van der Waals surface area contributed by atoms with E-state index in [9.17, 15) is 9.90 Å². The van der Waals surface area contributed by atoms with Crippen molar-refractivity contribution in [2.24, 2.45) is 0 Å². The quantitative estimate of drug-likeness (QED) is 0.714. The molecule has 2 heterocycles. The van der Waals surface area contributed by atoms with Crippen LogP contribution in [0.25, 0.3) is 0 Å². The third-order valence-corrected chi connectivity index (χ3v) is 2.72. The molecular weight excluding hydrogens is 236 g/mol. The zero-order valence-corrected chi connectivity index (χ0v) is 8.42. The number of amides is 1. The maximum absolute atomic E-state index is 11.3. The van der Waals surface area contributed by atoms with Crippen LogP contribution in [-0.4, -0.2) is 16.0 Å². The number of pyridine rings is 1. The van der Waals surface area contributed by atoms with Crippen molar-refractivity contribution in [3.63, 3.8) is 0 Å². The summed E-state index contributed by atoms with van der Waals surface area (Å²) in [5, 5.41) is 12.3. The Morgan fingerprint density at radius 3 is 3.00 bits per heavy atom. The molecule has 1 aromatic rings. The molecule has 0 aliphatic carbocycles. The van der Waals surface area contributed by atoms with Gasteiger partial charge in [0.15, 0.2) is 5.60 Å². The van der Waals surface area contributed by atoms with Gasteiger partial charge in [0, 0.05) is 16.2 Å². The molecule has 0 saturated carbocycles. The Morgan fingerprint density at radius 1 is 1.69 bits per heavy atom. The first-order chi connectivity index (χ1) is 6.03. The average molecular weight is 243 g/mol. The second-order valence-electron chi connectivity index (χ2n) is 3.04. The van der Waals surface area contributed by atoms with Crippen LogP contribution in [0.4, 0.5) is 5.82 Å². The van der Waals surface area contributed by atoms with Crippen LogP contribution >= 0.6 is 15.9 Å². The molecule has 0 aromatic carbocycles. The van der Waals surface area contributed by atoms with E-state index in [4.69, 9.17) is 0 Å². The summed E-state index contributed by atoms with van der Waals surface area (Å²) in [5.41, 5.74) is -0.984. The molecule has 1 aliphatic heterocycles. The van der Waals surface area contributed by atoms with Crippen LogP contribution in [0.5, 0.6) is 0 Å². The molecule has 13 heavy (non-hydrogen) atoms. The third kappa shape index (κ3) is 1.08. The second kappa shape index (κ2) is 2.52. The smallest absolute Gasteiger partial charge is 0.262 e. The summed E-state index contributed by atoms with van der Waals surface area (Å²) in [6.07, 6.45) is 1.56. The lowest BCUT2D eigenvalue weighted by Gasteiger charge is -2.14. The number of halogens is 1. The van der Waals surface area contributed by atoms with Crippen molar-refractivity contribution in [2.75, 3.05) is 5.32 Å². The molecule has 0 bridgehead atoms. The number of nitrogens with zero attached hydrogens (tertiary/aromatic N) is 1. The Labute approximate surface area is 83.1 Å². The van der Waals surface area contributed by atoms with E-state index in [1.807, 2.05) is 0 Å². The van der Waals surface area contributed by atoms with E-state index in [1.54, 1.807) is 12.3 Å². The van der Waals surface area contributed by atoms with Crippen molar-refractivity contribution < 1.29 is 9.90 Å². The van der Waals surface area contributed by atoms with Gasteiger partial charge in [-0.3, -0.25) is 4.79 Å². The van der Waals surface area contributed by atoms with Crippen molar-refractivity contribution >= 4 is 27.7 Å². The van der Waals surface area contributed by atoms with Crippen molar-refractivity contribution in [1.29, 1.82) is 0 Å². The summed E-state index contributed by atoms with van der Waals surface area (Å²) in [7, 11) is 0. The molecule has 1 atom stereocenters. The van der Waals surface area contributed by atoms with E-state index in [-0.39, 0.29) is 0 Å². The fraction of sp³-hybridized carbons (Fsp3) is 0.250. The molecule has 0 saturated heterocycles. The number of fused-ring (bicyclic) bond motifs is 1. The predicted molar refractivity (Wildman–Crippen MR) is 50.1 cm³/mol. The monoisotopic (exact) mass is 242 g/mol. The number of hydrogen-bond donors (Lipinski definition) is 2. The first kappa shape index (κ1) is 8.65. The maximum Gasteiger partial charge on any atom is 0.262 e. The molecule has 4 nitrogen and oxygen atoms in total. The first-order valence-corrected chi connectivity index (χ1v) is 4.51. The minimum atomic E-state index is -1.48. The zero-order valence-electron chi connectivity index (χ0n) is 6.84. The normalized spacial score (nSPS) is 25.6. The third-order valence-electron chi connectivity index (χ3n) is 2.06. The zero-order chi connectivity index (χ0) is 9.64. The summed E-state index contributed by atoms with van der Waals surface area (Å²) in [6.45, 7) is 1.45. The van der Waals surface area contributed by atoms with Gasteiger partial charge in [-0.25, -0.2) is 4.98 Å². The highest BCUT2D eigenvalue weighted by Gasteiger charge is 2.43. The lowest BCUT2D eigenvalue weighted by molar-refractivity contribution is -0.131. The lowest BCUT2D eigenvalue weighted by atomic mass is 10.00. The van der Waals surface area contributed by atoms with Crippen molar-refractivity contribution in [3.05, 3.63) is 22.3 Å². The van der Waals surface area contributed by atoms with Crippen molar-refractivity contribution in [3.8, 4) is 0 Å². The minimum absolute atomic E-state index is 0.421. The number of aromatic nitrogens is 1. The van der Waals surface area contributed by atoms with Crippen LogP contribution in [0.1, 0.15) is 12.5 Å². The summed E-state index contributed by atoms with van der Waals surface area (Å²) >= 11 is 3.26. The number of hydrogen-bond acceptors (Lipinski definition) is 3. The molecule has 0 spiro atoms. The molecule has 0 fully saturated rings. The fourth-order valence-corrected chi connectivity index (χ4v) is 2.03. The maximum atomic E-state index is 11.3. The molecule has 1 aromatic heterocycles. The summed E-state index contributed by atoms with van der Waals surface area (Å²) in [5.74, 6) is -0.0220. The van der Waals surface area contributed by atoms with Crippen LogP contribution in [0, 0.1) is 0 Å². The van der Waals surface area contributed by atoms with Crippen LogP contribution < -0.4 is 5.32 Å². The van der Waals surface area contributed by atoms with Gasteiger partial charge in [0.25, 0.3) is 5.91 Å². The Hall–Kier alpha value is -0.940. The number of rotatable bonds is 0. The molecule has 2 rings (SSSR count). The largest absolute Gasteiger partial charge is 0.375 e. The van der Waals surface area contributed by atoms with Gasteiger partial charge in [-0.05, 0) is 13.0 Å². The van der Waals surface area contributed by atoms with E-state index < -0.39 is 11.5 Å². The van der Waals surface area contributed by atoms with E-state index >= 15 is 0 Å². The van der Waals surface area contributed by atoms with Gasteiger partial charge >= 0.3 is 0 Å². The van der Waals surface area contributed by atoms with Crippen LogP contribution in [0.3, 0.4) is 0 Å². The first-order valence-electron chi connectivity index (χ1n) is 3.72. The predicted octanol–water partition coefficient (Wildman–Crippen LogP) is 1.00. The Balaban J connectivity index is 2.70. The molecular formula is C8H7BrN2O2. The van der Waals surface area contributed by atoms with Crippen molar-refractivity contribution in [1.82, 2.24) is 4.98 Å². The van der Waals surface area contributed by atoms with Gasteiger partial charge in [0.05, 0.1) is 0 Å². The average Bonchev–Trinajstić information content (AvgIpc) is 2.24. The topological polar surface area (TPSA) is 62.2 Å². The SMILES string of the molecule is CC1(O)C(=O)Nc2nccc(Br)c21. The molecule has 5 heteroatoms. The van der Waals surface area contributed by atoms with Gasteiger partial charge in [-0.15, -0.1) is 0 Å². The molecule has 1 aliphatic rings. The highest BCUT2D eigenvalue weighted by molar-refractivity contribution is 9.10. The number of nitrogens with one attached hydrogen (secondary N) is 1. The van der Waals surface area contributed by atoms with Gasteiger partial charge in [-0.2, -0.15) is 0 Å². The Morgan fingerprint density at radius 2 is 2.38 bits per heavy atom. The Kier molecular flexibility index (Phi) is 1.68. The minimum Gasteiger partial charge on any atom is -0.375 e. The summed E-state index contributed by atoms with van der Waals surface area (Å²) < 4.78 is 0.681. The standard InChI is InChI=1S/C8H7BrN2O2/c1-8(13)5-4(9)2-3-10-6(5)11-7(8)12/h2-3,13H,1H3,(H,10,11,12). The molecule has 1 amide bonds. The van der Waals surface area contributed by atoms with Gasteiger partial charge in [-0.1, -0.05) is 15.9 Å². The molecule has 1 unspecified atom stereocenters. The highest BCUT2D eigenvalue weighted by atomic mass is 79.9. The summed E-state index contributed by atoms with van der Waals surface area (Å²) in [6, 6.07) is 1.69. The number of carbonyl (C=O) groups excluding carboxylic acids is 1. The lowest BCUT2D eigenvalue weighted by Crippen LogP contribution is -2.30. The number of carbonyl (C=O) groups is 1. The van der Waals surface area contributed by atoms with E-state index in [0.29, 0.717) is 15.9 Å². The second-order valence-corrected chi connectivity index (χ2v) is 3.90. The number of aliphatic hydroxyl groups is 1. The Bertz CT molecular complexity index is 390. The van der Waals surface area contributed by atoms with E-state index in [2.05, 4.69) is 26.2 Å². The van der Waals surface area contributed by atoms with E-state index in [0.717, 1.165) is 0 Å². The van der Waals surface area contributed by atoms with Crippen LogP contribution in [-0.2, 0) is 10.4 Å². The highest BCUT2D eigenvalue weighted by Crippen LogP contribution is 2.38. The van der Waals surface area contributed by atoms with Crippen molar-refractivity contribution in [2.45, 2.75) is 12.5 Å².